The molecule has 8 heteroatoms. The van der Waals surface area contributed by atoms with Gasteiger partial charge in [0.05, 0.1) is 6.54 Å². The molecule has 0 saturated carbocycles. The Morgan fingerprint density at radius 2 is 1.93 bits per heavy atom. The van der Waals surface area contributed by atoms with Gasteiger partial charge in [-0.15, -0.1) is 24.0 Å². The van der Waals surface area contributed by atoms with Crippen LogP contribution in [0, 0.1) is 5.82 Å². The van der Waals surface area contributed by atoms with Crippen molar-refractivity contribution in [3.05, 3.63) is 64.2 Å². The van der Waals surface area contributed by atoms with E-state index in [2.05, 4.69) is 20.6 Å². The Bertz CT molecular complexity index is 753. The smallest absolute Gasteiger partial charge is 0.191 e. The van der Waals surface area contributed by atoms with Crippen molar-refractivity contribution in [1.82, 2.24) is 20.5 Å². The number of aliphatic imine (C=N–C) groups is 1. The summed E-state index contributed by atoms with van der Waals surface area (Å²) in [5.74, 6) is 0.552. The molecule has 1 aromatic carbocycles. The lowest BCUT2D eigenvalue weighted by Gasteiger charge is -2.13. The van der Waals surface area contributed by atoms with Crippen molar-refractivity contribution in [2.24, 2.45) is 4.99 Å². The van der Waals surface area contributed by atoms with Gasteiger partial charge in [0, 0.05) is 31.4 Å². The minimum absolute atomic E-state index is 0. The highest BCUT2D eigenvalue weighted by Gasteiger charge is 2.05. The number of nitrogens with one attached hydrogen (secondary N) is 2. The molecule has 2 rings (SSSR count). The van der Waals surface area contributed by atoms with E-state index in [0.29, 0.717) is 23.8 Å². The van der Waals surface area contributed by atoms with Crippen LogP contribution in [-0.4, -0.2) is 43.0 Å². The maximum atomic E-state index is 13.9. The Balaban J connectivity index is 0.00000392. The highest BCUT2D eigenvalue weighted by atomic mass is 127. The number of nitrogens with zero attached hydrogens (tertiary/aromatic N) is 3. The third-order valence-corrected chi connectivity index (χ3v) is 4.08. The van der Waals surface area contributed by atoms with Gasteiger partial charge in [-0.25, -0.2) is 14.4 Å². The fourth-order valence-electron chi connectivity index (χ4n) is 2.58. The minimum atomic E-state index is -0.182. The molecule has 2 aromatic rings. The molecule has 0 aliphatic carbocycles. The predicted octanol–water partition coefficient (Wildman–Crippen LogP) is 3.85. The third kappa shape index (κ3) is 8.70. The van der Waals surface area contributed by atoms with Crippen LogP contribution in [0.4, 0.5) is 4.39 Å². The summed E-state index contributed by atoms with van der Waals surface area (Å²) in [4.78, 5) is 10.6. The molecule has 154 valence electrons. The van der Waals surface area contributed by atoms with Gasteiger partial charge >= 0.3 is 0 Å². The van der Waals surface area contributed by atoms with Crippen molar-refractivity contribution in [3.8, 4) is 0 Å². The van der Waals surface area contributed by atoms with Gasteiger partial charge in [-0.05, 0) is 56.8 Å². The van der Waals surface area contributed by atoms with Crippen molar-refractivity contribution in [3.63, 3.8) is 0 Å². The topological polar surface area (TPSA) is 52.6 Å². The van der Waals surface area contributed by atoms with Gasteiger partial charge in [-0.3, -0.25) is 0 Å². The van der Waals surface area contributed by atoms with E-state index in [1.54, 1.807) is 18.3 Å². The third-order valence-electron chi connectivity index (χ3n) is 3.86. The number of aromatic nitrogens is 1. The van der Waals surface area contributed by atoms with Gasteiger partial charge in [0.2, 0.25) is 0 Å². The fourth-order valence-corrected chi connectivity index (χ4v) is 2.69. The number of rotatable bonds is 8. The lowest BCUT2D eigenvalue weighted by atomic mass is 10.1. The van der Waals surface area contributed by atoms with Crippen LogP contribution in [0.3, 0.4) is 0 Å². The molecule has 0 aliphatic rings. The largest absolute Gasteiger partial charge is 0.357 e. The lowest BCUT2D eigenvalue weighted by Crippen LogP contribution is -2.38. The van der Waals surface area contributed by atoms with Gasteiger partial charge in [0.1, 0.15) is 11.0 Å². The van der Waals surface area contributed by atoms with E-state index in [9.17, 15) is 4.39 Å². The summed E-state index contributed by atoms with van der Waals surface area (Å²) < 4.78 is 13.9. The second kappa shape index (κ2) is 12.9. The Morgan fingerprint density at radius 1 is 1.18 bits per heavy atom. The molecule has 0 amide bonds. The molecule has 1 aromatic heterocycles. The zero-order chi connectivity index (χ0) is 19.6. The quantitative estimate of drug-likeness (QED) is 0.241. The Hall–Kier alpha value is -1.45. The van der Waals surface area contributed by atoms with Gasteiger partial charge in [-0.2, -0.15) is 0 Å². The fraction of sp³-hybridized carbons (Fsp3) is 0.400. The molecule has 0 saturated heterocycles. The van der Waals surface area contributed by atoms with Crippen molar-refractivity contribution in [2.45, 2.75) is 26.4 Å². The zero-order valence-electron chi connectivity index (χ0n) is 16.5. The van der Waals surface area contributed by atoms with Crippen LogP contribution in [0.15, 0.2) is 41.5 Å². The molecular formula is C20H28ClFIN5. The van der Waals surface area contributed by atoms with E-state index in [0.717, 1.165) is 36.6 Å². The van der Waals surface area contributed by atoms with Crippen molar-refractivity contribution in [2.75, 3.05) is 27.2 Å². The molecule has 0 atom stereocenters. The molecule has 2 N–H and O–H groups in total. The average molecular weight is 520 g/mol. The van der Waals surface area contributed by atoms with Crippen LogP contribution in [0.5, 0.6) is 0 Å². The second-order valence-corrected chi connectivity index (χ2v) is 6.91. The molecule has 0 aliphatic heterocycles. The van der Waals surface area contributed by atoms with Crippen molar-refractivity contribution in [1.29, 1.82) is 0 Å². The summed E-state index contributed by atoms with van der Waals surface area (Å²) in [5, 5.41) is 7.03. The van der Waals surface area contributed by atoms with Crippen LogP contribution >= 0.6 is 35.6 Å². The highest BCUT2D eigenvalue weighted by Crippen LogP contribution is 2.13. The Kier molecular flexibility index (Phi) is 11.3. The summed E-state index contributed by atoms with van der Waals surface area (Å²) in [6.45, 7) is 4.57. The van der Waals surface area contributed by atoms with E-state index in [-0.39, 0.29) is 29.8 Å². The highest BCUT2D eigenvalue weighted by molar-refractivity contribution is 14.0. The SMILES string of the molecule is CCNC(=NCc1ccc(F)c(CN(C)C)c1)NCCc1ccc(Cl)nc1.I. The van der Waals surface area contributed by atoms with Gasteiger partial charge < -0.3 is 15.5 Å². The summed E-state index contributed by atoms with van der Waals surface area (Å²) in [7, 11) is 3.85. The molecular weight excluding hydrogens is 492 g/mol. The number of halogens is 3. The first-order valence-corrected chi connectivity index (χ1v) is 9.40. The van der Waals surface area contributed by atoms with E-state index < -0.39 is 0 Å². The van der Waals surface area contributed by atoms with Crippen molar-refractivity contribution >= 4 is 41.5 Å². The maximum Gasteiger partial charge on any atom is 0.191 e. The van der Waals surface area contributed by atoms with Crippen molar-refractivity contribution < 1.29 is 4.39 Å². The molecule has 5 nitrogen and oxygen atoms in total. The second-order valence-electron chi connectivity index (χ2n) is 6.52. The molecule has 0 radical (unpaired) electrons. The van der Waals surface area contributed by atoms with Crippen LogP contribution in [0.2, 0.25) is 5.15 Å². The summed E-state index contributed by atoms with van der Waals surface area (Å²) >= 11 is 5.80. The van der Waals surface area contributed by atoms with Crippen LogP contribution in [0.1, 0.15) is 23.6 Å². The molecule has 1 heterocycles. The number of hydrogen-bond acceptors (Lipinski definition) is 3. The standard InChI is InChI=1S/C20H27ClFN5.HI/c1-4-23-20(24-10-9-15-6-8-19(21)25-12-15)26-13-16-5-7-18(22)17(11-16)14-27(2)3;/h5-8,11-12H,4,9-10,13-14H2,1-3H3,(H2,23,24,26);1H. The molecule has 0 spiro atoms. The first-order valence-electron chi connectivity index (χ1n) is 9.02. The first-order chi connectivity index (χ1) is 13.0. The summed E-state index contributed by atoms with van der Waals surface area (Å²) in [6.07, 6.45) is 2.59. The zero-order valence-corrected chi connectivity index (χ0v) is 19.6. The maximum absolute atomic E-state index is 13.9. The van der Waals surface area contributed by atoms with Gasteiger partial charge in [-0.1, -0.05) is 23.7 Å². The summed E-state index contributed by atoms with van der Waals surface area (Å²) in [5.41, 5.74) is 2.77. The van der Waals surface area contributed by atoms with Crippen LogP contribution < -0.4 is 10.6 Å². The Labute approximate surface area is 188 Å². The number of benzene rings is 1. The molecule has 28 heavy (non-hydrogen) atoms. The number of hydrogen-bond donors (Lipinski definition) is 2. The number of guanidine groups is 1. The molecule has 0 unspecified atom stereocenters. The minimum Gasteiger partial charge on any atom is -0.357 e. The monoisotopic (exact) mass is 519 g/mol. The Morgan fingerprint density at radius 3 is 2.57 bits per heavy atom. The van der Waals surface area contributed by atoms with Gasteiger partial charge in [0.15, 0.2) is 5.96 Å². The summed E-state index contributed by atoms with van der Waals surface area (Å²) in [6, 6.07) is 8.92. The lowest BCUT2D eigenvalue weighted by molar-refractivity contribution is 0.392. The van der Waals surface area contributed by atoms with E-state index in [1.807, 2.05) is 38.1 Å². The molecule has 0 fully saturated rings. The van der Waals surface area contributed by atoms with Crippen LogP contribution in [-0.2, 0) is 19.5 Å². The number of pyridine rings is 1. The first kappa shape index (κ1) is 24.6. The van der Waals surface area contributed by atoms with E-state index in [1.165, 1.54) is 6.07 Å². The normalized spacial score (nSPS) is 11.3. The van der Waals surface area contributed by atoms with E-state index >= 15 is 0 Å². The van der Waals surface area contributed by atoms with E-state index in [4.69, 9.17) is 11.6 Å². The van der Waals surface area contributed by atoms with Crippen LogP contribution in [0.25, 0.3) is 0 Å². The predicted molar refractivity (Wildman–Crippen MR) is 125 cm³/mol. The van der Waals surface area contributed by atoms with Gasteiger partial charge in [0.25, 0.3) is 0 Å². The molecule has 0 bridgehead atoms. The average Bonchev–Trinajstić information content (AvgIpc) is 2.63.